The molecule has 1 aliphatic heterocycles. The van der Waals surface area contributed by atoms with Gasteiger partial charge in [0.05, 0.1) is 12.0 Å². The Bertz CT molecular complexity index is 808. The number of carbonyl (C=O) groups is 2. The number of piperidine rings is 1. The predicted octanol–water partition coefficient (Wildman–Crippen LogP) is 2.89. The summed E-state index contributed by atoms with van der Waals surface area (Å²) in [7, 11) is 1.52. The van der Waals surface area contributed by atoms with E-state index in [2.05, 4.69) is 41.5 Å². The molecule has 0 saturated carbocycles. The van der Waals surface area contributed by atoms with Crippen molar-refractivity contribution in [3.63, 3.8) is 0 Å². The highest BCUT2D eigenvalue weighted by Crippen LogP contribution is 2.34. The van der Waals surface area contributed by atoms with Crippen LogP contribution in [0.2, 0.25) is 0 Å². The number of ether oxygens (including phenoxy) is 1. The average Bonchev–Trinajstić information content (AvgIpc) is 2.78. The van der Waals surface area contributed by atoms with Crippen molar-refractivity contribution < 1.29 is 14.3 Å². The number of methoxy groups -OCH3 is 1. The lowest BCUT2D eigenvalue weighted by Crippen LogP contribution is -2.47. The summed E-state index contributed by atoms with van der Waals surface area (Å²) in [6, 6.07) is 12.2. The van der Waals surface area contributed by atoms with Crippen molar-refractivity contribution in [2.45, 2.75) is 38.8 Å². The van der Waals surface area contributed by atoms with E-state index in [4.69, 9.17) is 4.74 Å². The highest BCUT2D eigenvalue weighted by molar-refractivity contribution is 5.82. The fraction of sp³-hybridized carbons (Fsp3) is 0.435. The molecule has 0 spiro atoms. The number of carbonyl (C=O) groups excluding carboxylic acids is 2. The molecule has 29 heavy (non-hydrogen) atoms. The second kappa shape index (κ2) is 10.2. The number of nitrogens with one attached hydrogen (secondary N) is 1. The summed E-state index contributed by atoms with van der Waals surface area (Å²) >= 11 is 0. The Hall–Kier alpha value is -2.73. The number of nitrogens with zero attached hydrogens (tertiary/aromatic N) is 2. The predicted molar refractivity (Wildman–Crippen MR) is 111 cm³/mol. The summed E-state index contributed by atoms with van der Waals surface area (Å²) < 4.78 is 5.08. The van der Waals surface area contributed by atoms with Crippen LogP contribution in [0.15, 0.2) is 48.8 Å². The second-order valence-corrected chi connectivity index (χ2v) is 7.44. The summed E-state index contributed by atoms with van der Waals surface area (Å²) in [5.41, 5.74) is 3.34. The van der Waals surface area contributed by atoms with Gasteiger partial charge in [0, 0.05) is 32.6 Å². The molecule has 1 fully saturated rings. The number of aryl methyl sites for hydroxylation is 1. The molecular formula is C23H29N3O3. The lowest BCUT2D eigenvalue weighted by Gasteiger charge is -2.39. The molecule has 6 nitrogen and oxygen atoms in total. The normalized spacial score (nSPS) is 19.0. The van der Waals surface area contributed by atoms with E-state index < -0.39 is 0 Å². The smallest absolute Gasteiger partial charge is 0.249 e. The van der Waals surface area contributed by atoms with Crippen LogP contribution in [0.5, 0.6) is 0 Å². The summed E-state index contributed by atoms with van der Waals surface area (Å²) in [6.45, 7) is 2.99. The molecule has 2 amide bonds. The van der Waals surface area contributed by atoms with E-state index >= 15 is 0 Å². The number of amides is 2. The Balaban J connectivity index is 1.68. The Labute approximate surface area is 172 Å². The second-order valence-electron chi connectivity index (χ2n) is 7.44. The van der Waals surface area contributed by atoms with Crippen molar-refractivity contribution >= 4 is 11.8 Å². The largest absolute Gasteiger partial charge is 0.375 e. The van der Waals surface area contributed by atoms with Gasteiger partial charge in [-0.15, -0.1) is 0 Å². The lowest BCUT2D eigenvalue weighted by molar-refractivity contribution is -0.142. The van der Waals surface area contributed by atoms with E-state index in [9.17, 15) is 9.59 Å². The number of pyridine rings is 1. The van der Waals surface area contributed by atoms with Gasteiger partial charge in [-0.1, -0.05) is 37.3 Å². The monoisotopic (exact) mass is 395 g/mol. The van der Waals surface area contributed by atoms with Gasteiger partial charge >= 0.3 is 0 Å². The van der Waals surface area contributed by atoms with Crippen molar-refractivity contribution in [1.29, 1.82) is 0 Å². The SMILES string of the molecule is CCc1ccc(C2CCC(C(=O)NCc3cccnc3)CN2C(=O)COC)cc1. The number of benzene rings is 1. The quantitative estimate of drug-likeness (QED) is 0.783. The van der Waals surface area contributed by atoms with Crippen molar-refractivity contribution in [2.24, 2.45) is 5.92 Å². The first kappa shape index (κ1) is 21.0. The highest BCUT2D eigenvalue weighted by Gasteiger charge is 2.35. The standard InChI is InChI=1S/C23H29N3O3/c1-3-17-6-8-19(9-7-17)21-11-10-20(15-26(21)22(27)16-29-2)23(28)25-14-18-5-4-12-24-13-18/h4-9,12-13,20-21H,3,10-11,14-16H2,1-2H3,(H,25,28). The molecule has 1 aliphatic rings. The Kier molecular flexibility index (Phi) is 7.36. The maximum Gasteiger partial charge on any atom is 0.249 e. The van der Waals surface area contributed by atoms with Gasteiger partial charge in [0.1, 0.15) is 6.61 Å². The summed E-state index contributed by atoms with van der Waals surface area (Å²) in [6.07, 6.45) is 5.93. The molecule has 1 aromatic carbocycles. The van der Waals surface area contributed by atoms with Gasteiger partial charge in [0.15, 0.2) is 0 Å². The van der Waals surface area contributed by atoms with Crippen molar-refractivity contribution in [1.82, 2.24) is 15.2 Å². The van der Waals surface area contributed by atoms with E-state index in [1.165, 1.54) is 12.7 Å². The molecule has 1 aromatic heterocycles. The van der Waals surface area contributed by atoms with Crippen LogP contribution >= 0.6 is 0 Å². The third kappa shape index (κ3) is 5.41. The van der Waals surface area contributed by atoms with Crippen molar-refractivity contribution in [3.05, 3.63) is 65.5 Å². The maximum atomic E-state index is 12.7. The molecular weight excluding hydrogens is 366 g/mol. The highest BCUT2D eigenvalue weighted by atomic mass is 16.5. The minimum Gasteiger partial charge on any atom is -0.375 e. The van der Waals surface area contributed by atoms with E-state index in [1.54, 1.807) is 12.4 Å². The van der Waals surface area contributed by atoms with Gasteiger partial charge < -0.3 is 15.0 Å². The van der Waals surface area contributed by atoms with E-state index in [0.29, 0.717) is 13.1 Å². The summed E-state index contributed by atoms with van der Waals surface area (Å²) in [4.78, 5) is 31.3. The third-order valence-electron chi connectivity index (χ3n) is 5.50. The zero-order chi connectivity index (χ0) is 20.6. The average molecular weight is 396 g/mol. The first-order valence-electron chi connectivity index (χ1n) is 10.2. The number of likely N-dealkylation sites (tertiary alicyclic amines) is 1. The molecule has 2 atom stereocenters. The molecule has 0 radical (unpaired) electrons. The fourth-order valence-corrected chi connectivity index (χ4v) is 3.83. The van der Waals surface area contributed by atoms with Gasteiger partial charge in [0.2, 0.25) is 11.8 Å². The Morgan fingerprint density at radius 3 is 2.62 bits per heavy atom. The van der Waals surface area contributed by atoms with E-state index in [-0.39, 0.29) is 30.4 Å². The van der Waals surface area contributed by atoms with Gasteiger partial charge in [-0.3, -0.25) is 14.6 Å². The van der Waals surface area contributed by atoms with Crippen LogP contribution in [0, 0.1) is 5.92 Å². The van der Waals surface area contributed by atoms with E-state index in [1.807, 2.05) is 17.0 Å². The molecule has 0 bridgehead atoms. The summed E-state index contributed by atoms with van der Waals surface area (Å²) in [5, 5.41) is 2.98. The van der Waals surface area contributed by atoms with Crippen LogP contribution in [0.25, 0.3) is 0 Å². The number of aromatic nitrogens is 1. The number of rotatable bonds is 7. The minimum atomic E-state index is -0.223. The van der Waals surface area contributed by atoms with Crippen LogP contribution in [-0.2, 0) is 27.3 Å². The molecule has 2 heterocycles. The van der Waals surface area contributed by atoms with Gasteiger partial charge in [0.25, 0.3) is 0 Å². The fourth-order valence-electron chi connectivity index (χ4n) is 3.83. The first-order valence-corrected chi connectivity index (χ1v) is 10.2. The molecule has 0 aliphatic carbocycles. The molecule has 1 saturated heterocycles. The third-order valence-corrected chi connectivity index (χ3v) is 5.50. The van der Waals surface area contributed by atoms with Crippen LogP contribution in [0.1, 0.15) is 42.5 Å². The molecule has 2 aromatic rings. The topological polar surface area (TPSA) is 71.5 Å². The van der Waals surface area contributed by atoms with Crippen LogP contribution in [0.4, 0.5) is 0 Å². The Morgan fingerprint density at radius 2 is 1.97 bits per heavy atom. The van der Waals surface area contributed by atoms with Gasteiger partial charge in [-0.25, -0.2) is 0 Å². The number of hydrogen-bond donors (Lipinski definition) is 1. The van der Waals surface area contributed by atoms with Gasteiger partial charge in [-0.05, 0) is 42.0 Å². The van der Waals surface area contributed by atoms with Crippen molar-refractivity contribution in [3.8, 4) is 0 Å². The Morgan fingerprint density at radius 1 is 1.17 bits per heavy atom. The molecule has 154 valence electrons. The molecule has 1 N–H and O–H groups in total. The maximum absolute atomic E-state index is 12.7. The van der Waals surface area contributed by atoms with Crippen molar-refractivity contribution in [2.75, 3.05) is 20.3 Å². The molecule has 3 rings (SSSR count). The first-order chi connectivity index (χ1) is 14.1. The minimum absolute atomic E-state index is 0.0214. The van der Waals surface area contributed by atoms with Crippen LogP contribution in [-0.4, -0.2) is 42.0 Å². The number of hydrogen-bond acceptors (Lipinski definition) is 4. The van der Waals surface area contributed by atoms with Crippen LogP contribution in [0.3, 0.4) is 0 Å². The lowest BCUT2D eigenvalue weighted by atomic mass is 9.88. The van der Waals surface area contributed by atoms with E-state index in [0.717, 1.165) is 30.4 Å². The summed E-state index contributed by atoms with van der Waals surface area (Å²) in [5.74, 6) is -0.329. The van der Waals surface area contributed by atoms with Crippen LogP contribution < -0.4 is 5.32 Å². The van der Waals surface area contributed by atoms with Gasteiger partial charge in [-0.2, -0.15) is 0 Å². The zero-order valence-corrected chi connectivity index (χ0v) is 17.1. The zero-order valence-electron chi connectivity index (χ0n) is 17.1. The molecule has 2 unspecified atom stereocenters. The molecule has 6 heteroatoms.